The van der Waals surface area contributed by atoms with E-state index in [9.17, 15) is 13.2 Å². The Bertz CT molecular complexity index is 1030. The van der Waals surface area contributed by atoms with Crippen molar-refractivity contribution in [3.63, 3.8) is 0 Å². The van der Waals surface area contributed by atoms with E-state index in [-0.39, 0.29) is 0 Å². The van der Waals surface area contributed by atoms with E-state index in [1.807, 2.05) is 24.3 Å². The lowest BCUT2D eigenvalue weighted by Crippen LogP contribution is -2.34. The van der Waals surface area contributed by atoms with Crippen LogP contribution in [-0.4, -0.2) is 30.1 Å². The SMILES string of the molecule is COc1cccc(CN2CCCC(c3ccc(Cc4cccc(C(F)(F)F)c4)cn3)C2)c1. The fraction of sp³-hybridized carbons (Fsp3) is 0.346. The second-order valence-electron chi connectivity index (χ2n) is 8.39. The van der Waals surface area contributed by atoms with Gasteiger partial charge in [0.25, 0.3) is 0 Å². The average molecular weight is 441 g/mol. The van der Waals surface area contributed by atoms with Crippen molar-refractivity contribution in [3.05, 3.63) is 94.8 Å². The summed E-state index contributed by atoms with van der Waals surface area (Å²) in [4.78, 5) is 7.12. The number of alkyl halides is 3. The third-order valence-electron chi connectivity index (χ3n) is 5.97. The zero-order valence-corrected chi connectivity index (χ0v) is 18.1. The first-order valence-corrected chi connectivity index (χ1v) is 10.9. The maximum atomic E-state index is 13.0. The molecule has 168 valence electrons. The molecule has 0 spiro atoms. The van der Waals surface area contributed by atoms with Crippen LogP contribution in [0.3, 0.4) is 0 Å². The second-order valence-corrected chi connectivity index (χ2v) is 8.39. The van der Waals surface area contributed by atoms with Gasteiger partial charge < -0.3 is 4.74 Å². The molecule has 0 amide bonds. The molecular formula is C26H27F3N2O. The number of likely N-dealkylation sites (tertiary alicyclic amines) is 1. The highest BCUT2D eigenvalue weighted by Gasteiger charge is 2.30. The standard InChI is InChI=1S/C26H27F3N2O/c1-32-24-9-3-6-21(15-24)17-31-12-4-7-22(18-31)25-11-10-20(16-30-25)13-19-5-2-8-23(14-19)26(27,28)29/h2-3,5-6,8-11,14-16,22H,4,7,12-13,17-18H2,1H3. The number of hydrogen-bond donors (Lipinski definition) is 0. The molecule has 6 heteroatoms. The van der Waals surface area contributed by atoms with E-state index in [4.69, 9.17) is 4.74 Å². The molecule has 0 aliphatic carbocycles. The molecule has 0 radical (unpaired) electrons. The summed E-state index contributed by atoms with van der Waals surface area (Å²) in [6, 6.07) is 17.7. The largest absolute Gasteiger partial charge is 0.497 e. The number of hydrogen-bond acceptors (Lipinski definition) is 3. The Hall–Kier alpha value is -2.86. The molecule has 1 unspecified atom stereocenters. The van der Waals surface area contributed by atoms with Crippen LogP contribution in [-0.2, 0) is 19.1 Å². The maximum absolute atomic E-state index is 13.0. The number of nitrogens with zero attached hydrogens (tertiary/aromatic N) is 2. The van der Waals surface area contributed by atoms with E-state index in [2.05, 4.69) is 22.0 Å². The summed E-state index contributed by atoms with van der Waals surface area (Å²) in [7, 11) is 1.68. The van der Waals surface area contributed by atoms with Crippen LogP contribution in [0.25, 0.3) is 0 Å². The Morgan fingerprint density at radius 2 is 1.81 bits per heavy atom. The first-order chi connectivity index (χ1) is 15.4. The highest BCUT2D eigenvalue weighted by molar-refractivity contribution is 5.31. The van der Waals surface area contributed by atoms with Gasteiger partial charge in [0.15, 0.2) is 0 Å². The van der Waals surface area contributed by atoms with Gasteiger partial charge in [0.05, 0.1) is 12.7 Å². The van der Waals surface area contributed by atoms with Crippen LogP contribution in [0.4, 0.5) is 13.2 Å². The third kappa shape index (κ3) is 5.68. The minimum Gasteiger partial charge on any atom is -0.497 e. The number of benzene rings is 2. The van der Waals surface area contributed by atoms with Crippen LogP contribution < -0.4 is 4.74 Å². The lowest BCUT2D eigenvalue weighted by Gasteiger charge is -2.32. The molecule has 0 saturated carbocycles. The van der Waals surface area contributed by atoms with Gasteiger partial charge in [-0.05, 0) is 66.8 Å². The van der Waals surface area contributed by atoms with E-state index in [1.54, 1.807) is 19.4 Å². The predicted octanol–water partition coefficient (Wildman–Crippen LogP) is 6.08. The van der Waals surface area contributed by atoms with Crippen molar-refractivity contribution in [1.29, 1.82) is 0 Å². The lowest BCUT2D eigenvalue weighted by molar-refractivity contribution is -0.137. The highest BCUT2D eigenvalue weighted by atomic mass is 19.4. The Labute approximate surface area is 186 Å². The number of piperidine rings is 1. The van der Waals surface area contributed by atoms with Gasteiger partial charge in [-0.2, -0.15) is 13.2 Å². The van der Waals surface area contributed by atoms with Crippen LogP contribution >= 0.6 is 0 Å². The van der Waals surface area contributed by atoms with Crippen LogP contribution in [0.1, 0.15) is 46.7 Å². The van der Waals surface area contributed by atoms with E-state index in [0.29, 0.717) is 17.9 Å². The van der Waals surface area contributed by atoms with Crippen LogP contribution in [0.15, 0.2) is 66.9 Å². The molecular weight excluding hydrogens is 413 g/mol. The molecule has 1 fully saturated rings. The van der Waals surface area contributed by atoms with Gasteiger partial charge in [0.1, 0.15) is 5.75 Å². The van der Waals surface area contributed by atoms with Crippen LogP contribution in [0.5, 0.6) is 5.75 Å². The number of methoxy groups -OCH3 is 1. The third-order valence-corrected chi connectivity index (χ3v) is 5.97. The van der Waals surface area contributed by atoms with Crippen molar-refractivity contribution in [2.75, 3.05) is 20.2 Å². The fourth-order valence-electron chi connectivity index (χ4n) is 4.34. The Kier molecular flexibility index (Phi) is 6.80. The summed E-state index contributed by atoms with van der Waals surface area (Å²) in [5, 5.41) is 0. The molecule has 1 saturated heterocycles. The highest BCUT2D eigenvalue weighted by Crippen LogP contribution is 2.30. The van der Waals surface area contributed by atoms with Gasteiger partial charge in [-0.25, -0.2) is 0 Å². The minimum absolute atomic E-state index is 0.358. The summed E-state index contributed by atoms with van der Waals surface area (Å²) in [6.07, 6.45) is 0.118. The Morgan fingerprint density at radius 3 is 2.56 bits per heavy atom. The van der Waals surface area contributed by atoms with Crippen molar-refractivity contribution in [2.45, 2.75) is 37.9 Å². The Morgan fingerprint density at radius 1 is 1.00 bits per heavy atom. The first kappa shape index (κ1) is 22.3. The molecule has 0 N–H and O–H groups in total. The van der Waals surface area contributed by atoms with E-state index >= 15 is 0 Å². The molecule has 3 aromatic rings. The predicted molar refractivity (Wildman–Crippen MR) is 119 cm³/mol. The quantitative estimate of drug-likeness (QED) is 0.465. The smallest absolute Gasteiger partial charge is 0.416 e. The lowest BCUT2D eigenvalue weighted by atomic mass is 9.93. The van der Waals surface area contributed by atoms with Gasteiger partial charge >= 0.3 is 6.18 Å². The van der Waals surface area contributed by atoms with Crippen molar-refractivity contribution >= 4 is 0 Å². The van der Waals surface area contributed by atoms with E-state index in [1.165, 1.54) is 17.7 Å². The Balaban J connectivity index is 1.39. The van der Waals surface area contributed by atoms with E-state index in [0.717, 1.165) is 55.5 Å². The molecule has 4 rings (SSSR count). The van der Waals surface area contributed by atoms with Gasteiger partial charge in [0.2, 0.25) is 0 Å². The number of halogens is 3. The first-order valence-electron chi connectivity index (χ1n) is 10.9. The van der Waals surface area contributed by atoms with Crippen molar-refractivity contribution in [1.82, 2.24) is 9.88 Å². The van der Waals surface area contributed by atoms with Gasteiger partial charge in [-0.3, -0.25) is 9.88 Å². The van der Waals surface area contributed by atoms with E-state index < -0.39 is 11.7 Å². The van der Waals surface area contributed by atoms with Crippen LogP contribution in [0, 0.1) is 0 Å². The number of ether oxygens (including phenoxy) is 1. The molecule has 2 heterocycles. The summed E-state index contributed by atoms with van der Waals surface area (Å²) < 4.78 is 44.2. The zero-order valence-electron chi connectivity index (χ0n) is 18.1. The molecule has 2 aromatic carbocycles. The van der Waals surface area contributed by atoms with Crippen molar-refractivity contribution < 1.29 is 17.9 Å². The molecule has 0 bridgehead atoms. The number of rotatable bonds is 6. The average Bonchev–Trinajstić information content (AvgIpc) is 2.79. The topological polar surface area (TPSA) is 25.4 Å². The molecule has 32 heavy (non-hydrogen) atoms. The zero-order chi connectivity index (χ0) is 22.6. The molecule has 1 aromatic heterocycles. The van der Waals surface area contributed by atoms with Gasteiger partial charge in [-0.15, -0.1) is 0 Å². The van der Waals surface area contributed by atoms with Gasteiger partial charge in [0, 0.05) is 30.9 Å². The minimum atomic E-state index is -4.32. The second kappa shape index (κ2) is 9.74. The molecule has 3 nitrogen and oxygen atoms in total. The summed E-state index contributed by atoms with van der Waals surface area (Å²) in [6.45, 7) is 2.87. The van der Waals surface area contributed by atoms with Crippen molar-refractivity contribution in [2.24, 2.45) is 0 Å². The number of pyridine rings is 1. The fourth-order valence-corrected chi connectivity index (χ4v) is 4.34. The summed E-state index contributed by atoms with van der Waals surface area (Å²) >= 11 is 0. The van der Waals surface area contributed by atoms with Crippen molar-refractivity contribution in [3.8, 4) is 5.75 Å². The summed E-state index contributed by atoms with van der Waals surface area (Å²) in [5.41, 5.74) is 3.22. The van der Waals surface area contributed by atoms with Gasteiger partial charge in [-0.1, -0.05) is 36.4 Å². The molecule has 1 aliphatic rings. The monoisotopic (exact) mass is 440 g/mol. The molecule has 1 atom stereocenters. The molecule has 1 aliphatic heterocycles. The number of aromatic nitrogens is 1. The van der Waals surface area contributed by atoms with Crippen LogP contribution in [0.2, 0.25) is 0 Å². The summed E-state index contributed by atoms with van der Waals surface area (Å²) in [5.74, 6) is 1.23. The maximum Gasteiger partial charge on any atom is 0.416 e. The normalized spacial score (nSPS) is 17.3.